The van der Waals surface area contributed by atoms with Crippen LogP contribution in [0.4, 0.5) is 5.69 Å². The minimum absolute atomic E-state index is 0.102. The number of aryl methyl sites for hydroxylation is 1. The van der Waals surface area contributed by atoms with Crippen molar-refractivity contribution < 1.29 is 23.9 Å². The van der Waals surface area contributed by atoms with Gasteiger partial charge < -0.3 is 14.8 Å². The molecular weight excluding hydrogens is 426 g/mol. The number of fused-ring (bicyclic) bond motifs is 2. The Balaban J connectivity index is 1.41. The quantitative estimate of drug-likeness (QED) is 0.595. The van der Waals surface area contributed by atoms with E-state index in [1.54, 1.807) is 22.8 Å². The summed E-state index contributed by atoms with van der Waals surface area (Å²) in [6.45, 7) is 0.164. The molecule has 1 aromatic heterocycles. The lowest BCUT2D eigenvalue weighted by atomic mass is 10.1. The number of anilines is 1. The summed E-state index contributed by atoms with van der Waals surface area (Å²) < 4.78 is 11.5. The molecule has 1 aliphatic rings. The maximum Gasteiger partial charge on any atom is 0.338 e. The third kappa shape index (κ3) is 4.92. The lowest BCUT2D eigenvalue weighted by Gasteiger charge is -2.11. The number of benzene rings is 2. The molecule has 0 radical (unpaired) electrons. The van der Waals surface area contributed by atoms with Gasteiger partial charge in [-0.05, 0) is 55.3 Å². The molecule has 33 heavy (non-hydrogen) atoms. The van der Waals surface area contributed by atoms with Crippen molar-refractivity contribution in [1.29, 1.82) is 0 Å². The number of hydrogen-bond acceptors (Lipinski definition) is 7. The van der Waals surface area contributed by atoms with Crippen molar-refractivity contribution in [3.05, 3.63) is 69.8 Å². The molecule has 0 fully saturated rings. The zero-order valence-electron chi connectivity index (χ0n) is 18.1. The van der Waals surface area contributed by atoms with Gasteiger partial charge in [0.25, 0.3) is 11.5 Å². The average Bonchev–Trinajstić information content (AvgIpc) is 3.08. The molecule has 9 heteroatoms. The Morgan fingerprint density at radius 3 is 2.52 bits per heavy atom. The fourth-order valence-corrected chi connectivity index (χ4v) is 3.76. The number of amides is 1. The summed E-state index contributed by atoms with van der Waals surface area (Å²) in [6, 6.07) is 10.7. The molecule has 1 N–H and O–H groups in total. The summed E-state index contributed by atoms with van der Waals surface area (Å²) >= 11 is 0. The van der Waals surface area contributed by atoms with Crippen LogP contribution in [0.2, 0.25) is 0 Å². The highest BCUT2D eigenvalue weighted by molar-refractivity contribution is 5.97. The van der Waals surface area contributed by atoms with Gasteiger partial charge in [0.15, 0.2) is 6.61 Å². The summed E-state index contributed by atoms with van der Waals surface area (Å²) in [7, 11) is 1.28. The van der Waals surface area contributed by atoms with Gasteiger partial charge in [-0.1, -0.05) is 6.42 Å². The van der Waals surface area contributed by atoms with Crippen molar-refractivity contribution in [1.82, 2.24) is 9.55 Å². The lowest BCUT2D eigenvalue weighted by molar-refractivity contribution is -0.119. The van der Waals surface area contributed by atoms with Crippen LogP contribution in [-0.2, 0) is 27.2 Å². The van der Waals surface area contributed by atoms with E-state index in [9.17, 15) is 19.2 Å². The molecule has 0 unspecified atom stereocenters. The van der Waals surface area contributed by atoms with Crippen molar-refractivity contribution in [2.45, 2.75) is 32.2 Å². The average molecular weight is 449 g/mol. The first-order valence-corrected chi connectivity index (χ1v) is 10.6. The minimum atomic E-state index is -0.690. The highest BCUT2D eigenvalue weighted by Crippen LogP contribution is 2.17. The molecule has 1 amide bonds. The smallest absolute Gasteiger partial charge is 0.338 e. The molecule has 2 heterocycles. The standard InChI is InChI=1S/C24H23N3O6/c1-32-23(30)15-6-9-17(10-7-15)25-21(28)14-33-24(31)16-8-11-18-19(13-16)26-20-5-3-2-4-12-27(20)22(18)29/h6-11,13H,2-5,12,14H2,1H3,(H,25,28). The third-order valence-corrected chi connectivity index (χ3v) is 5.48. The minimum Gasteiger partial charge on any atom is -0.465 e. The summed E-state index contributed by atoms with van der Waals surface area (Å²) in [6.07, 6.45) is 3.69. The van der Waals surface area contributed by atoms with E-state index >= 15 is 0 Å². The van der Waals surface area contributed by atoms with Crippen LogP contribution in [0, 0.1) is 0 Å². The van der Waals surface area contributed by atoms with E-state index in [0.29, 0.717) is 28.7 Å². The zero-order chi connectivity index (χ0) is 23.4. The Kier molecular flexibility index (Phi) is 6.48. The van der Waals surface area contributed by atoms with Gasteiger partial charge >= 0.3 is 11.9 Å². The van der Waals surface area contributed by atoms with Gasteiger partial charge in [0.05, 0.1) is 29.1 Å². The number of methoxy groups -OCH3 is 1. The first-order chi connectivity index (χ1) is 16.0. The predicted octanol–water partition coefficient (Wildman–Crippen LogP) is 2.71. The second kappa shape index (κ2) is 9.64. The normalized spacial score (nSPS) is 13.0. The fraction of sp³-hybridized carbons (Fsp3) is 0.292. The Bertz CT molecular complexity index is 1280. The van der Waals surface area contributed by atoms with Gasteiger partial charge in [-0.25, -0.2) is 14.6 Å². The molecule has 0 atom stereocenters. The molecule has 1 aliphatic heterocycles. The first-order valence-electron chi connectivity index (χ1n) is 10.6. The van der Waals surface area contributed by atoms with E-state index in [1.807, 2.05) is 0 Å². The Morgan fingerprint density at radius 2 is 1.76 bits per heavy atom. The maximum absolute atomic E-state index is 12.8. The SMILES string of the molecule is COC(=O)c1ccc(NC(=O)COC(=O)c2ccc3c(=O)n4c(nc3c2)CCCCC4)cc1. The third-order valence-electron chi connectivity index (χ3n) is 5.48. The van der Waals surface area contributed by atoms with Gasteiger partial charge in [0.2, 0.25) is 0 Å². The van der Waals surface area contributed by atoms with E-state index in [4.69, 9.17) is 4.74 Å². The highest BCUT2D eigenvalue weighted by Gasteiger charge is 2.16. The second-order valence-corrected chi connectivity index (χ2v) is 7.72. The van der Waals surface area contributed by atoms with Crippen molar-refractivity contribution >= 4 is 34.4 Å². The van der Waals surface area contributed by atoms with Crippen molar-refractivity contribution in [3.8, 4) is 0 Å². The van der Waals surface area contributed by atoms with Crippen LogP contribution in [0.3, 0.4) is 0 Å². The van der Waals surface area contributed by atoms with Crippen molar-refractivity contribution in [3.63, 3.8) is 0 Å². The highest BCUT2D eigenvalue weighted by atomic mass is 16.5. The topological polar surface area (TPSA) is 117 Å². The number of hydrogen-bond donors (Lipinski definition) is 1. The lowest BCUT2D eigenvalue weighted by Crippen LogP contribution is -2.25. The van der Waals surface area contributed by atoms with Crippen LogP contribution in [-0.4, -0.2) is 41.1 Å². The Hall–Kier alpha value is -4.01. The number of carbonyl (C=O) groups is 3. The number of carbonyl (C=O) groups excluding carboxylic acids is 3. The second-order valence-electron chi connectivity index (χ2n) is 7.72. The van der Waals surface area contributed by atoms with Crippen LogP contribution in [0.5, 0.6) is 0 Å². The van der Waals surface area contributed by atoms with E-state index in [-0.39, 0.29) is 11.1 Å². The van der Waals surface area contributed by atoms with Gasteiger partial charge in [-0.3, -0.25) is 14.2 Å². The maximum atomic E-state index is 12.8. The van der Waals surface area contributed by atoms with Crippen molar-refractivity contribution in [2.75, 3.05) is 19.0 Å². The van der Waals surface area contributed by atoms with Crippen molar-refractivity contribution in [2.24, 2.45) is 0 Å². The first kappa shape index (κ1) is 22.2. The summed E-state index contributed by atoms with van der Waals surface area (Å²) in [5.74, 6) is -0.972. The molecular formula is C24H23N3O6. The van der Waals surface area contributed by atoms with Crippen LogP contribution >= 0.6 is 0 Å². The number of ether oxygens (including phenoxy) is 2. The number of nitrogens with zero attached hydrogens (tertiary/aromatic N) is 2. The summed E-state index contributed by atoms with van der Waals surface area (Å²) in [5, 5.41) is 3.03. The van der Waals surface area contributed by atoms with E-state index in [0.717, 1.165) is 31.5 Å². The predicted molar refractivity (Wildman–Crippen MR) is 120 cm³/mol. The van der Waals surface area contributed by atoms with Crippen LogP contribution < -0.4 is 10.9 Å². The molecule has 0 aliphatic carbocycles. The van der Waals surface area contributed by atoms with E-state index in [1.165, 1.54) is 31.4 Å². The van der Waals surface area contributed by atoms with Gasteiger partial charge in [-0.2, -0.15) is 0 Å². The van der Waals surface area contributed by atoms with Crippen LogP contribution in [0.1, 0.15) is 45.8 Å². The monoisotopic (exact) mass is 449 g/mol. The van der Waals surface area contributed by atoms with Crippen LogP contribution in [0.25, 0.3) is 10.9 Å². The Morgan fingerprint density at radius 1 is 1.00 bits per heavy atom. The zero-order valence-corrected chi connectivity index (χ0v) is 18.1. The van der Waals surface area contributed by atoms with Gasteiger partial charge in [0.1, 0.15) is 5.82 Å². The molecule has 3 aromatic rings. The fourth-order valence-electron chi connectivity index (χ4n) is 3.76. The molecule has 9 nitrogen and oxygen atoms in total. The largest absolute Gasteiger partial charge is 0.465 e. The molecule has 0 saturated carbocycles. The van der Waals surface area contributed by atoms with Gasteiger partial charge in [-0.15, -0.1) is 0 Å². The number of rotatable bonds is 5. The molecule has 0 bridgehead atoms. The molecule has 0 spiro atoms. The molecule has 170 valence electrons. The summed E-state index contributed by atoms with van der Waals surface area (Å²) in [5.41, 5.74) is 1.35. The summed E-state index contributed by atoms with van der Waals surface area (Å²) in [4.78, 5) is 53.5. The molecule has 4 rings (SSSR count). The molecule has 0 saturated heterocycles. The Labute approximate surface area is 189 Å². The molecule has 2 aromatic carbocycles. The number of nitrogens with one attached hydrogen (secondary N) is 1. The number of esters is 2. The van der Waals surface area contributed by atoms with E-state index in [2.05, 4.69) is 15.0 Å². The van der Waals surface area contributed by atoms with Gasteiger partial charge in [0, 0.05) is 18.7 Å². The van der Waals surface area contributed by atoms with E-state index < -0.39 is 24.5 Å². The van der Waals surface area contributed by atoms with Crippen LogP contribution in [0.15, 0.2) is 47.3 Å². The number of aromatic nitrogens is 2.